The molecule has 2 heterocycles. The number of rotatable bonds is 7. The quantitative estimate of drug-likeness (QED) is 0.568. The topological polar surface area (TPSA) is 91.8 Å². The lowest BCUT2D eigenvalue weighted by Gasteiger charge is -2.36. The smallest absolute Gasteiger partial charge is 0.235 e. The summed E-state index contributed by atoms with van der Waals surface area (Å²) in [6.45, 7) is 5.25. The highest BCUT2D eigenvalue weighted by Gasteiger charge is 2.41. The monoisotopic (exact) mass is 412 g/mol. The van der Waals surface area contributed by atoms with Gasteiger partial charge < -0.3 is 4.90 Å². The van der Waals surface area contributed by atoms with E-state index in [0.29, 0.717) is 13.1 Å². The minimum atomic E-state index is -3.61. The summed E-state index contributed by atoms with van der Waals surface area (Å²) in [6, 6.07) is 0. The van der Waals surface area contributed by atoms with E-state index < -0.39 is 25.1 Å². The molecule has 2 saturated heterocycles. The zero-order chi connectivity index (χ0) is 18.7. The standard InChI is InChI=1S/C15H28N2O5S3/c1-3-4-10-23-13(2)15(18)16-6-8-17(9-7-16)25(21,22)14-5-11-24(19,20)12-14/h13-14H,3-12H2,1-2H3. The van der Waals surface area contributed by atoms with E-state index in [9.17, 15) is 21.6 Å². The molecule has 2 aliphatic rings. The fourth-order valence-electron chi connectivity index (χ4n) is 3.10. The van der Waals surface area contributed by atoms with Crippen LogP contribution in [0, 0.1) is 0 Å². The summed E-state index contributed by atoms with van der Waals surface area (Å²) in [7, 11) is -6.85. The summed E-state index contributed by atoms with van der Waals surface area (Å²) < 4.78 is 49.7. The molecule has 0 radical (unpaired) electrons. The highest BCUT2D eigenvalue weighted by atomic mass is 32.2. The molecule has 2 atom stereocenters. The van der Waals surface area contributed by atoms with Crippen LogP contribution in [0.2, 0.25) is 0 Å². The lowest BCUT2D eigenvalue weighted by molar-refractivity contribution is -0.131. The predicted molar refractivity (Wildman–Crippen MR) is 101 cm³/mol. The Hall–Kier alpha value is -0.320. The first-order valence-corrected chi connectivity index (χ1v) is 13.1. The number of sulfone groups is 1. The summed E-state index contributed by atoms with van der Waals surface area (Å²) in [5.74, 6) is 0.677. The number of hydrogen-bond donors (Lipinski definition) is 0. The Balaban J connectivity index is 1.87. The van der Waals surface area contributed by atoms with Crippen LogP contribution in [0.3, 0.4) is 0 Å². The van der Waals surface area contributed by atoms with Crippen molar-refractivity contribution in [2.45, 2.75) is 43.6 Å². The third-order valence-corrected chi connectivity index (χ3v) is 10.3. The predicted octanol–water partition coefficient (Wildman–Crippen LogP) is 0.569. The number of carbonyl (C=O) groups is 1. The van der Waals surface area contributed by atoms with Gasteiger partial charge in [-0.05, 0) is 25.5 Å². The molecule has 0 spiro atoms. The number of hydrogen-bond acceptors (Lipinski definition) is 6. The highest BCUT2D eigenvalue weighted by molar-refractivity contribution is 8.00. The maximum absolute atomic E-state index is 12.6. The van der Waals surface area contributed by atoms with Crippen molar-refractivity contribution < 1.29 is 21.6 Å². The molecule has 0 aromatic rings. The molecule has 2 fully saturated rings. The van der Waals surface area contributed by atoms with E-state index >= 15 is 0 Å². The number of piperazine rings is 1. The van der Waals surface area contributed by atoms with E-state index in [4.69, 9.17) is 0 Å². The zero-order valence-electron chi connectivity index (χ0n) is 14.9. The van der Waals surface area contributed by atoms with Crippen LogP contribution in [-0.4, -0.2) is 85.9 Å². The van der Waals surface area contributed by atoms with Crippen molar-refractivity contribution in [1.82, 2.24) is 9.21 Å². The maximum Gasteiger partial charge on any atom is 0.235 e. The third kappa shape index (κ3) is 5.33. The Bertz CT molecular complexity index is 669. The summed E-state index contributed by atoms with van der Waals surface area (Å²) in [5.41, 5.74) is 0. The Morgan fingerprint density at radius 3 is 2.40 bits per heavy atom. The molecule has 10 heteroatoms. The lowest BCUT2D eigenvalue weighted by atomic mass is 10.3. The number of thioether (sulfide) groups is 1. The molecule has 146 valence electrons. The Labute approximate surface area is 155 Å². The molecule has 2 unspecified atom stereocenters. The summed E-state index contributed by atoms with van der Waals surface area (Å²) in [5, 5.41) is -0.946. The minimum Gasteiger partial charge on any atom is -0.339 e. The summed E-state index contributed by atoms with van der Waals surface area (Å²) in [4.78, 5) is 14.2. The van der Waals surface area contributed by atoms with Gasteiger partial charge in [-0.15, -0.1) is 11.8 Å². The van der Waals surface area contributed by atoms with Crippen LogP contribution in [0.15, 0.2) is 0 Å². The van der Waals surface area contributed by atoms with Gasteiger partial charge in [-0.25, -0.2) is 16.8 Å². The molecule has 0 aromatic heterocycles. The van der Waals surface area contributed by atoms with Gasteiger partial charge in [0.2, 0.25) is 15.9 Å². The fraction of sp³-hybridized carbons (Fsp3) is 0.933. The van der Waals surface area contributed by atoms with Crippen LogP contribution in [0.5, 0.6) is 0 Å². The summed E-state index contributed by atoms with van der Waals surface area (Å²) >= 11 is 1.64. The van der Waals surface area contributed by atoms with E-state index in [1.54, 1.807) is 16.7 Å². The van der Waals surface area contributed by atoms with Crippen molar-refractivity contribution in [2.24, 2.45) is 0 Å². The molecule has 25 heavy (non-hydrogen) atoms. The number of carbonyl (C=O) groups excluding carboxylic acids is 1. The first-order valence-electron chi connectivity index (χ1n) is 8.77. The van der Waals surface area contributed by atoms with Crippen LogP contribution >= 0.6 is 11.8 Å². The average molecular weight is 413 g/mol. The van der Waals surface area contributed by atoms with Crippen LogP contribution in [-0.2, 0) is 24.7 Å². The van der Waals surface area contributed by atoms with Crippen molar-refractivity contribution in [3.63, 3.8) is 0 Å². The van der Waals surface area contributed by atoms with Crippen molar-refractivity contribution in [2.75, 3.05) is 43.4 Å². The molecule has 0 aromatic carbocycles. The average Bonchev–Trinajstić information content (AvgIpc) is 2.95. The molecule has 0 aliphatic carbocycles. The van der Waals surface area contributed by atoms with Crippen molar-refractivity contribution in [3.05, 3.63) is 0 Å². The van der Waals surface area contributed by atoms with Crippen molar-refractivity contribution in [3.8, 4) is 0 Å². The van der Waals surface area contributed by atoms with Gasteiger partial charge in [0, 0.05) is 26.2 Å². The molecule has 0 saturated carbocycles. The van der Waals surface area contributed by atoms with Gasteiger partial charge in [0.1, 0.15) is 0 Å². The highest BCUT2D eigenvalue weighted by Crippen LogP contribution is 2.24. The van der Waals surface area contributed by atoms with E-state index in [2.05, 4.69) is 6.92 Å². The van der Waals surface area contributed by atoms with Crippen LogP contribution in [0.4, 0.5) is 0 Å². The largest absolute Gasteiger partial charge is 0.339 e. The molecule has 2 rings (SSSR count). The number of sulfonamides is 1. The Morgan fingerprint density at radius 2 is 1.88 bits per heavy atom. The van der Waals surface area contributed by atoms with Crippen LogP contribution < -0.4 is 0 Å². The van der Waals surface area contributed by atoms with Crippen molar-refractivity contribution >= 4 is 37.5 Å². The van der Waals surface area contributed by atoms with E-state index in [0.717, 1.165) is 18.6 Å². The zero-order valence-corrected chi connectivity index (χ0v) is 17.3. The van der Waals surface area contributed by atoms with E-state index in [1.807, 2.05) is 6.92 Å². The van der Waals surface area contributed by atoms with Gasteiger partial charge in [-0.1, -0.05) is 13.3 Å². The van der Waals surface area contributed by atoms with Gasteiger partial charge in [0.05, 0.1) is 22.0 Å². The Morgan fingerprint density at radius 1 is 1.24 bits per heavy atom. The van der Waals surface area contributed by atoms with Crippen LogP contribution in [0.25, 0.3) is 0 Å². The van der Waals surface area contributed by atoms with Gasteiger partial charge in [0.25, 0.3) is 0 Å². The SMILES string of the molecule is CCCCSC(C)C(=O)N1CCN(S(=O)(=O)C2CCS(=O)(=O)C2)CC1. The first kappa shape index (κ1) is 21.0. The lowest BCUT2D eigenvalue weighted by Crippen LogP contribution is -2.54. The van der Waals surface area contributed by atoms with Crippen LogP contribution in [0.1, 0.15) is 33.1 Å². The molecule has 0 bridgehead atoms. The number of amides is 1. The first-order chi connectivity index (χ1) is 11.7. The fourth-order valence-corrected chi connectivity index (χ4v) is 8.72. The second-order valence-corrected chi connectivity index (χ2v) is 12.6. The minimum absolute atomic E-state index is 0.0537. The molecular weight excluding hydrogens is 384 g/mol. The number of nitrogens with zero attached hydrogens (tertiary/aromatic N) is 2. The van der Waals surface area contributed by atoms with E-state index in [-0.39, 0.29) is 42.2 Å². The normalized spacial score (nSPS) is 25.8. The molecule has 0 N–H and O–H groups in total. The van der Waals surface area contributed by atoms with Gasteiger partial charge in [0.15, 0.2) is 9.84 Å². The van der Waals surface area contributed by atoms with Gasteiger partial charge in [-0.2, -0.15) is 4.31 Å². The summed E-state index contributed by atoms with van der Waals surface area (Å²) in [6.07, 6.45) is 2.36. The van der Waals surface area contributed by atoms with Crippen molar-refractivity contribution in [1.29, 1.82) is 0 Å². The second-order valence-electron chi connectivity index (χ2n) is 6.66. The van der Waals surface area contributed by atoms with Gasteiger partial charge in [-0.3, -0.25) is 4.79 Å². The molecule has 7 nitrogen and oxygen atoms in total. The molecule has 2 aliphatic heterocycles. The van der Waals surface area contributed by atoms with E-state index in [1.165, 1.54) is 4.31 Å². The molecular formula is C15H28N2O5S3. The van der Waals surface area contributed by atoms with Gasteiger partial charge >= 0.3 is 0 Å². The molecule has 1 amide bonds. The maximum atomic E-state index is 12.6. The second kappa shape index (κ2) is 8.58. The number of unbranched alkanes of at least 4 members (excludes halogenated alkanes) is 1. The third-order valence-electron chi connectivity index (χ3n) is 4.74. The Kier molecular flexibility index (Phi) is 7.20.